The third-order valence-electron chi connectivity index (χ3n) is 4.81. The maximum Gasteiger partial charge on any atom is 0.260 e. The molecule has 1 fully saturated rings. The lowest BCUT2D eigenvalue weighted by Gasteiger charge is -2.42. The Kier molecular flexibility index (Phi) is 5.16. The quantitative estimate of drug-likeness (QED) is 0.820. The first-order chi connectivity index (χ1) is 12.8. The molecule has 0 bridgehead atoms. The number of aryl methyl sites for hydroxylation is 2. The predicted octanol–water partition coefficient (Wildman–Crippen LogP) is 1.85. The summed E-state index contributed by atoms with van der Waals surface area (Å²) in [7, 11) is 3.33. The van der Waals surface area contributed by atoms with Gasteiger partial charge in [0.05, 0.1) is 5.69 Å². The summed E-state index contributed by atoms with van der Waals surface area (Å²) in [4.78, 5) is 30.9. The van der Waals surface area contributed by atoms with E-state index in [4.69, 9.17) is 4.52 Å². The molecule has 7 nitrogen and oxygen atoms in total. The van der Waals surface area contributed by atoms with Crippen molar-refractivity contribution in [2.24, 2.45) is 0 Å². The summed E-state index contributed by atoms with van der Waals surface area (Å²) >= 11 is 0. The minimum Gasteiger partial charge on any atom is -0.367 e. The van der Waals surface area contributed by atoms with E-state index in [0.29, 0.717) is 36.7 Å². The van der Waals surface area contributed by atoms with Crippen LogP contribution in [0.1, 0.15) is 21.8 Å². The molecule has 144 valence electrons. The summed E-state index contributed by atoms with van der Waals surface area (Å²) in [6, 6.07) is 5.48. The van der Waals surface area contributed by atoms with Gasteiger partial charge < -0.3 is 19.2 Å². The third kappa shape index (κ3) is 3.65. The van der Waals surface area contributed by atoms with Crippen LogP contribution in [0, 0.1) is 19.7 Å². The molecule has 2 heterocycles. The highest BCUT2D eigenvalue weighted by molar-refractivity contribution is 5.99. The Labute approximate surface area is 157 Å². The first kappa shape index (κ1) is 18.9. The zero-order chi connectivity index (χ0) is 19.7. The molecule has 1 aromatic heterocycles. The summed E-state index contributed by atoms with van der Waals surface area (Å²) in [6.45, 7) is 4.63. The molecule has 0 spiro atoms. The molecule has 1 unspecified atom stereocenters. The predicted molar refractivity (Wildman–Crippen MR) is 98.1 cm³/mol. The van der Waals surface area contributed by atoms with E-state index in [0.717, 1.165) is 5.69 Å². The maximum absolute atomic E-state index is 13.2. The zero-order valence-corrected chi connectivity index (χ0v) is 15.9. The molecule has 2 aromatic rings. The number of nitrogens with zero attached hydrogens (tertiary/aromatic N) is 4. The van der Waals surface area contributed by atoms with Gasteiger partial charge in [0, 0.05) is 39.4 Å². The molecule has 8 heteroatoms. The molecule has 0 saturated carbocycles. The molecule has 0 aliphatic carbocycles. The number of aromatic nitrogens is 1. The van der Waals surface area contributed by atoms with Gasteiger partial charge in [0.2, 0.25) is 5.91 Å². The summed E-state index contributed by atoms with van der Waals surface area (Å²) in [5.41, 5.74) is 1.73. The highest BCUT2D eigenvalue weighted by Gasteiger charge is 2.38. The van der Waals surface area contributed by atoms with Crippen molar-refractivity contribution in [3.8, 4) is 0 Å². The monoisotopic (exact) mass is 374 g/mol. The third-order valence-corrected chi connectivity index (χ3v) is 4.81. The topological polar surface area (TPSA) is 69.9 Å². The maximum atomic E-state index is 13.2. The Hall–Kier alpha value is -2.90. The Morgan fingerprint density at radius 2 is 1.85 bits per heavy atom. The lowest BCUT2D eigenvalue weighted by Crippen LogP contribution is -2.60. The molecule has 1 aliphatic heterocycles. The number of carbonyl (C=O) groups excluding carboxylic acids is 2. The van der Waals surface area contributed by atoms with Crippen LogP contribution in [-0.4, -0.2) is 66.5 Å². The lowest BCUT2D eigenvalue weighted by molar-refractivity contribution is -0.133. The molecule has 0 N–H and O–H groups in total. The second-order valence-electron chi connectivity index (χ2n) is 6.87. The molecule has 2 amide bonds. The van der Waals surface area contributed by atoms with Crippen LogP contribution in [0.3, 0.4) is 0 Å². The van der Waals surface area contributed by atoms with Gasteiger partial charge in [-0.3, -0.25) is 9.59 Å². The van der Waals surface area contributed by atoms with Gasteiger partial charge in [0.15, 0.2) is 0 Å². The van der Waals surface area contributed by atoms with Crippen LogP contribution in [-0.2, 0) is 4.79 Å². The van der Waals surface area contributed by atoms with E-state index in [-0.39, 0.29) is 17.6 Å². The number of piperazine rings is 1. The van der Waals surface area contributed by atoms with Crippen molar-refractivity contribution < 1.29 is 18.5 Å². The van der Waals surface area contributed by atoms with Crippen molar-refractivity contribution >= 4 is 17.5 Å². The second kappa shape index (κ2) is 7.38. The van der Waals surface area contributed by atoms with Gasteiger partial charge in [-0.2, -0.15) is 0 Å². The average Bonchev–Trinajstić information content (AvgIpc) is 2.99. The fourth-order valence-electron chi connectivity index (χ4n) is 3.35. The molecule has 0 radical (unpaired) electrons. The summed E-state index contributed by atoms with van der Waals surface area (Å²) < 4.78 is 18.3. The van der Waals surface area contributed by atoms with Crippen molar-refractivity contribution in [3.05, 3.63) is 47.1 Å². The molecule has 1 aromatic carbocycles. The van der Waals surface area contributed by atoms with Crippen molar-refractivity contribution in [2.45, 2.75) is 19.9 Å². The van der Waals surface area contributed by atoms with Crippen LogP contribution in [0.5, 0.6) is 0 Å². The normalized spacial score (nSPS) is 17.1. The minimum absolute atomic E-state index is 0.165. The molecule has 3 rings (SSSR count). The van der Waals surface area contributed by atoms with Crippen LogP contribution in [0.25, 0.3) is 0 Å². The Balaban J connectivity index is 1.89. The van der Waals surface area contributed by atoms with Gasteiger partial charge in [-0.15, -0.1) is 0 Å². The lowest BCUT2D eigenvalue weighted by atomic mass is 10.1. The summed E-state index contributed by atoms with van der Waals surface area (Å²) in [5.74, 6) is -0.298. The summed E-state index contributed by atoms with van der Waals surface area (Å²) in [6.07, 6.45) is 0. The van der Waals surface area contributed by atoms with Gasteiger partial charge >= 0.3 is 0 Å². The molecule has 27 heavy (non-hydrogen) atoms. The number of amides is 2. The number of halogens is 1. The first-order valence-electron chi connectivity index (χ1n) is 8.75. The van der Waals surface area contributed by atoms with Crippen molar-refractivity contribution in [1.29, 1.82) is 0 Å². The van der Waals surface area contributed by atoms with Gasteiger partial charge in [-0.1, -0.05) is 5.16 Å². The Bertz CT molecular complexity index is 828. The van der Waals surface area contributed by atoms with E-state index in [1.165, 1.54) is 17.0 Å². The van der Waals surface area contributed by atoms with Crippen LogP contribution < -0.4 is 4.90 Å². The van der Waals surface area contributed by atoms with Crippen molar-refractivity contribution in [2.75, 3.05) is 38.6 Å². The van der Waals surface area contributed by atoms with Crippen LogP contribution >= 0.6 is 0 Å². The van der Waals surface area contributed by atoms with Gasteiger partial charge in [-0.05, 0) is 38.1 Å². The molecular formula is C19H23FN4O3. The number of anilines is 1. The average molecular weight is 374 g/mol. The van der Waals surface area contributed by atoms with Crippen LogP contribution in [0.15, 0.2) is 28.8 Å². The minimum atomic E-state index is -0.653. The van der Waals surface area contributed by atoms with Crippen molar-refractivity contribution in [3.63, 3.8) is 0 Å². The molecule has 1 atom stereocenters. The fraction of sp³-hybridized carbons (Fsp3) is 0.421. The van der Waals surface area contributed by atoms with Crippen LogP contribution in [0.4, 0.5) is 10.1 Å². The van der Waals surface area contributed by atoms with E-state index in [2.05, 4.69) is 5.16 Å². The van der Waals surface area contributed by atoms with E-state index < -0.39 is 6.04 Å². The van der Waals surface area contributed by atoms with Crippen LogP contribution in [0.2, 0.25) is 0 Å². The number of rotatable bonds is 3. The van der Waals surface area contributed by atoms with Gasteiger partial charge in [0.1, 0.15) is 23.2 Å². The van der Waals surface area contributed by atoms with Gasteiger partial charge in [0.25, 0.3) is 5.91 Å². The van der Waals surface area contributed by atoms with E-state index in [9.17, 15) is 14.0 Å². The Morgan fingerprint density at radius 1 is 1.19 bits per heavy atom. The molecule has 1 aliphatic rings. The number of likely N-dealkylation sites (N-methyl/N-ethyl adjacent to an activating group) is 1. The second-order valence-corrected chi connectivity index (χ2v) is 6.87. The fourth-order valence-corrected chi connectivity index (χ4v) is 3.35. The first-order valence-corrected chi connectivity index (χ1v) is 8.75. The number of hydrogen-bond donors (Lipinski definition) is 0. The number of benzene rings is 1. The van der Waals surface area contributed by atoms with Gasteiger partial charge in [-0.25, -0.2) is 4.39 Å². The van der Waals surface area contributed by atoms with E-state index in [1.54, 1.807) is 45.0 Å². The molecular weight excluding hydrogens is 351 g/mol. The highest BCUT2D eigenvalue weighted by atomic mass is 19.1. The number of hydrogen-bond acceptors (Lipinski definition) is 5. The smallest absolute Gasteiger partial charge is 0.260 e. The zero-order valence-electron chi connectivity index (χ0n) is 15.9. The van der Waals surface area contributed by atoms with E-state index in [1.807, 2.05) is 4.90 Å². The Morgan fingerprint density at radius 3 is 2.41 bits per heavy atom. The summed E-state index contributed by atoms with van der Waals surface area (Å²) in [5, 5.41) is 3.84. The SMILES string of the molecule is Cc1noc(C)c1C(=O)N1CCN(c2ccc(F)cc2)CC1C(=O)N(C)C. The van der Waals surface area contributed by atoms with E-state index >= 15 is 0 Å². The number of carbonyl (C=O) groups is 2. The largest absolute Gasteiger partial charge is 0.367 e. The highest BCUT2D eigenvalue weighted by Crippen LogP contribution is 2.24. The standard InChI is InChI=1S/C19H23FN4O3/c1-12-17(13(2)27-21-12)19(26)24-10-9-23(11-16(24)18(25)22(3)4)15-7-5-14(20)6-8-15/h5-8,16H,9-11H2,1-4H3. The van der Waals surface area contributed by atoms with Crippen molar-refractivity contribution in [1.82, 2.24) is 15.0 Å². The molecule has 1 saturated heterocycles.